The molecule has 0 spiro atoms. The van der Waals surface area contributed by atoms with E-state index in [0.29, 0.717) is 24.1 Å². The van der Waals surface area contributed by atoms with Crippen LogP contribution in [0.25, 0.3) is 0 Å². The van der Waals surface area contributed by atoms with Gasteiger partial charge in [-0.2, -0.15) is 0 Å². The fourth-order valence-electron chi connectivity index (χ4n) is 2.26. The van der Waals surface area contributed by atoms with E-state index in [9.17, 15) is 4.79 Å². The summed E-state index contributed by atoms with van der Waals surface area (Å²) in [7, 11) is 0. The maximum Gasteiger partial charge on any atom is 0.233 e. The highest BCUT2D eigenvalue weighted by Gasteiger charge is 2.50. The lowest BCUT2D eigenvalue weighted by molar-refractivity contribution is -0.133. The number of carbonyl (C=O) groups excluding carboxylic acids is 1. The van der Waals surface area contributed by atoms with E-state index in [1.807, 2.05) is 13.8 Å². The van der Waals surface area contributed by atoms with Gasteiger partial charge in [0.15, 0.2) is 0 Å². The number of amides is 1. The van der Waals surface area contributed by atoms with Crippen LogP contribution in [0.15, 0.2) is 0 Å². The molecule has 0 aromatic rings. The van der Waals surface area contributed by atoms with Gasteiger partial charge in [0.05, 0.1) is 23.1 Å². The number of hydrogen-bond acceptors (Lipinski definition) is 3. The van der Waals surface area contributed by atoms with Gasteiger partial charge in [-0.05, 0) is 32.6 Å². The molecule has 1 aliphatic rings. The standard InChI is InChI=1S/C12H22N2O2S/c1-8(2)16-5-4-14-11(15)12(10(13)17)6-9(3)7-12/h8-9H,4-7H2,1-3H3,(H2,13,17)(H,14,15). The molecule has 0 aliphatic heterocycles. The summed E-state index contributed by atoms with van der Waals surface area (Å²) in [5, 5.41) is 2.85. The van der Waals surface area contributed by atoms with Gasteiger partial charge in [0.25, 0.3) is 0 Å². The molecule has 98 valence electrons. The van der Waals surface area contributed by atoms with E-state index >= 15 is 0 Å². The summed E-state index contributed by atoms with van der Waals surface area (Å²) < 4.78 is 5.36. The molecule has 0 aromatic heterocycles. The third-order valence-electron chi connectivity index (χ3n) is 3.14. The maximum atomic E-state index is 12.0. The lowest BCUT2D eigenvalue weighted by Gasteiger charge is -2.44. The number of rotatable bonds is 6. The molecule has 0 aromatic carbocycles. The van der Waals surface area contributed by atoms with E-state index in [1.54, 1.807) is 0 Å². The fraction of sp³-hybridized carbons (Fsp3) is 0.833. The Hall–Kier alpha value is -0.680. The average Bonchev–Trinajstić information content (AvgIpc) is 2.18. The Balaban J connectivity index is 2.38. The maximum absolute atomic E-state index is 12.0. The second-order valence-corrected chi connectivity index (χ2v) is 5.58. The molecule has 1 saturated carbocycles. The lowest BCUT2D eigenvalue weighted by atomic mass is 9.62. The summed E-state index contributed by atoms with van der Waals surface area (Å²) >= 11 is 5.02. The molecule has 1 amide bonds. The van der Waals surface area contributed by atoms with Crippen LogP contribution in [0.1, 0.15) is 33.6 Å². The zero-order valence-electron chi connectivity index (χ0n) is 10.8. The van der Waals surface area contributed by atoms with Crippen molar-refractivity contribution in [2.75, 3.05) is 13.2 Å². The van der Waals surface area contributed by atoms with Crippen LogP contribution in [0.4, 0.5) is 0 Å². The van der Waals surface area contributed by atoms with Crippen molar-refractivity contribution in [1.82, 2.24) is 5.32 Å². The van der Waals surface area contributed by atoms with Crippen LogP contribution in [0.5, 0.6) is 0 Å². The number of hydrogen-bond donors (Lipinski definition) is 2. The molecule has 3 N–H and O–H groups in total. The average molecular weight is 258 g/mol. The molecule has 0 saturated heterocycles. The molecule has 0 radical (unpaired) electrons. The van der Waals surface area contributed by atoms with Gasteiger partial charge in [0.1, 0.15) is 0 Å². The van der Waals surface area contributed by atoms with E-state index in [4.69, 9.17) is 22.7 Å². The van der Waals surface area contributed by atoms with Gasteiger partial charge in [-0.1, -0.05) is 19.1 Å². The second-order valence-electron chi connectivity index (χ2n) is 5.14. The first-order valence-corrected chi connectivity index (χ1v) is 6.49. The minimum Gasteiger partial charge on any atom is -0.392 e. The predicted octanol–water partition coefficient (Wildman–Crippen LogP) is 1.23. The van der Waals surface area contributed by atoms with Crippen LogP contribution in [0, 0.1) is 11.3 Å². The molecular formula is C12H22N2O2S. The summed E-state index contributed by atoms with van der Waals surface area (Å²) in [6, 6.07) is 0. The normalized spacial score (nSPS) is 27.6. The van der Waals surface area contributed by atoms with Crippen molar-refractivity contribution in [3.05, 3.63) is 0 Å². The Kier molecular flexibility index (Phi) is 4.89. The summed E-state index contributed by atoms with van der Waals surface area (Å²) in [6.07, 6.45) is 1.71. The van der Waals surface area contributed by atoms with Crippen molar-refractivity contribution >= 4 is 23.1 Å². The monoisotopic (exact) mass is 258 g/mol. The highest BCUT2D eigenvalue weighted by Crippen LogP contribution is 2.45. The number of nitrogens with two attached hydrogens (primary N) is 1. The van der Waals surface area contributed by atoms with Crippen molar-refractivity contribution in [3.63, 3.8) is 0 Å². The molecule has 4 nitrogen and oxygen atoms in total. The Bertz CT molecular complexity index is 299. The van der Waals surface area contributed by atoms with Gasteiger partial charge in [-0.3, -0.25) is 4.79 Å². The summed E-state index contributed by atoms with van der Waals surface area (Å²) in [5.74, 6) is 0.477. The quantitative estimate of drug-likeness (QED) is 0.555. The van der Waals surface area contributed by atoms with Gasteiger partial charge in [0, 0.05) is 6.54 Å². The number of thiocarbonyl (C=S) groups is 1. The van der Waals surface area contributed by atoms with E-state index < -0.39 is 5.41 Å². The fourth-order valence-corrected chi connectivity index (χ4v) is 2.52. The van der Waals surface area contributed by atoms with Crippen molar-refractivity contribution in [1.29, 1.82) is 0 Å². The zero-order chi connectivity index (χ0) is 13.1. The summed E-state index contributed by atoms with van der Waals surface area (Å²) in [5.41, 5.74) is 5.08. The Morgan fingerprint density at radius 1 is 1.59 bits per heavy atom. The summed E-state index contributed by atoms with van der Waals surface area (Å²) in [4.78, 5) is 12.4. The van der Waals surface area contributed by atoms with Crippen LogP contribution >= 0.6 is 12.2 Å². The van der Waals surface area contributed by atoms with Gasteiger partial charge >= 0.3 is 0 Å². The van der Waals surface area contributed by atoms with Crippen molar-refractivity contribution in [3.8, 4) is 0 Å². The van der Waals surface area contributed by atoms with Crippen molar-refractivity contribution < 1.29 is 9.53 Å². The molecule has 0 bridgehead atoms. The van der Waals surface area contributed by atoms with E-state index in [0.717, 1.165) is 12.8 Å². The minimum absolute atomic E-state index is 0.0459. The number of nitrogens with one attached hydrogen (secondary N) is 1. The van der Waals surface area contributed by atoms with Crippen LogP contribution in [0.3, 0.4) is 0 Å². The van der Waals surface area contributed by atoms with Gasteiger partial charge in [0.2, 0.25) is 5.91 Å². The van der Waals surface area contributed by atoms with E-state index in [2.05, 4.69) is 12.2 Å². The molecule has 0 unspecified atom stereocenters. The van der Waals surface area contributed by atoms with Crippen LogP contribution in [-0.2, 0) is 9.53 Å². The van der Waals surface area contributed by atoms with Crippen LogP contribution < -0.4 is 11.1 Å². The number of carbonyl (C=O) groups is 1. The van der Waals surface area contributed by atoms with Gasteiger partial charge in [-0.15, -0.1) is 0 Å². The Morgan fingerprint density at radius 3 is 2.59 bits per heavy atom. The third-order valence-corrected chi connectivity index (χ3v) is 3.53. The van der Waals surface area contributed by atoms with Crippen LogP contribution in [0.2, 0.25) is 0 Å². The van der Waals surface area contributed by atoms with Crippen LogP contribution in [-0.4, -0.2) is 30.2 Å². The molecule has 0 heterocycles. The zero-order valence-corrected chi connectivity index (χ0v) is 11.6. The first-order valence-electron chi connectivity index (χ1n) is 6.08. The largest absolute Gasteiger partial charge is 0.392 e. The second kappa shape index (κ2) is 5.78. The molecule has 0 atom stereocenters. The van der Waals surface area contributed by atoms with Crippen molar-refractivity contribution in [2.45, 2.75) is 39.7 Å². The smallest absolute Gasteiger partial charge is 0.233 e. The topological polar surface area (TPSA) is 64.3 Å². The van der Waals surface area contributed by atoms with E-state index in [1.165, 1.54) is 0 Å². The first kappa shape index (κ1) is 14.4. The Labute approximate surface area is 108 Å². The Morgan fingerprint density at radius 2 is 2.18 bits per heavy atom. The minimum atomic E-state index is -0.605. The first-order chi connectivity index (χ1) is 7.88. The molecule has 1 aliphatic carbocycles. The highest BCUT2D eigenvalue weighted by molar-refractivity contribution is 7.80. The predicted molar refractivity (Wildman–Crippen MR) is 71.7 cm³/mol. The molecule has 1 fully saturated rings. The van der Waals surface area contributed by atoms with E-state index in [-0.39, 0.29) is 12.0 Å². The highest BCUT2D eigenvalue weighted by atomic mass is 32.1. The van der Waals surface area contributed by atoms with Gasteiger partial charge in [-0.25, -0.2) is 0 Å². The lowest BCUT2D eigenvalue weighted by Crippen LogP contribution is -2.56. The molecule has 5 heteroatoms. The molecule has 17 heavy (non-hydrogen) atoms. The van der Waals surface area contributed by atoms with Gasteiger partial charge < -0.3 is 15.8 Å². The SMILES string of the molecule is CC1CC(C(=O)NCCOC(C)C)(C(N)=S)C1. The number of ether oxygens (including phenoxy) is 1. The molecule has 1 rings (SSSR count). The summed E-state index contributed by atoms with van der Waals surface area (Å²) in [6.45, 7) is 7.06. The molecular weight excluding hydrogens is 236 g/mol. The third kappa shape index (κ3) is 3.39. The van der Waals surface area contributed by atoms with Crippen molar-refractivity contribution in [2.24, 2.45) is 17.1 Å².